The monoisotopic (exact) mass is 407 g/mol. The summed E-state index contributed by atoms with van der Waals surface area (Å²) in [6, 6.07) is 12.3. The van der Waals surface area contributed by atoms with Gasteiger partial charge in [-0.05, 0) is 55.7 Å². The van der Waals surface area contributed by atoms with Crippen LogP contribution in [0.15, 0.2) is 42.5 Å². The van der Waals surface area contributed by atoms with Crippen molar-refractivity contribution in [1.82, 2.24) is 0 Å². The van der Waals surface area contributed by atoms with Crippen LogP contribution in [-0.2, 0) is 9.53 Å². The molecule has 2 saturated heterocycles. The van der Waals surface area contributed by atoms with Gasteiger partial charge in [0.05, 0.1) is 24.0 Å². The Hall–Kier alpha value is -3.35. The van der Waals surface area contributed by atoms with E-state index in [1.807, 2.05) is 12.1 Å². The first-order chi connectivity index (χ1) is 14.6. The maximum absolute atomic E-state index is 13.0. The largest absolute Gasteiger partial charge is 0.465 e. The van der Waals surface area contributed by atoms with Gasteiger partial charge < -0.3 is 19.9 Å². The summed E-state index contributed by atoms with van der Waals surface area (Å²) in [5.74, 6) is -0.659. The highest BCUT2D eigenvalue weighted by atomic mass is 16.5. The van der Waals surface area contributed by atoms with E-state index in [0.717, 1.165) is 43.7 Å². The normalized spacial score (nSPS) is 16.1. The molecule has 30 heavy (non-hydrogen) atoms. The third kappa shape index (κ3) is 4.01. The quantitative estimate of drug-likeness (QED) is 0.768. The molecule has 0 atom stereocenters. The number of hydrogen-bond donors (Lipinski definition) is 1. The first kappa shape index (κ1) is 19.9. The Morgan fingerprint density at radius 2 is 1.77 bits per heavy atom. The lowest BCUT2D eigenvalue weighted by Crippen LogP contribution is -2.24. The van der Waals surface area contributed by atoms with E-state index in [4.69, 9.17) is 4.74 Å². The van der Waals surface area contributed by atoms with Crippen LogP contribution in [0.25, 0.3) is 0 Å². The molecule has 0 bridgehead atoms. The van der Waals surface area contributed by atoms with Crippen LogP contribution in [0.5, 0.6) is 0 Å². The molecular weight excluding hydrogens is 382 g/mol. The maximum atomic E-state index is 13.0. The summed E-state index contributed by atoms with van der Waals surface area (Å²) < 4.78 is 4.83. The highest BCUT2D eigenvalue weighted by Gasteiger charge is 2.23. The number of esters is 1. The van der Waals surface area contributed by atoms with Gasteiger partial charge in [-0.25, -0.2) is 4.79 Å². The number of carbonyl (C=O) groups is 3. The first-order valence-corrected chi connectivity index (χ1v) is 10.3. The fourth-order valence-corrected chi connectivity index (χ4v) is 4.05. The van der Waals surface area contributed by atoms with E-state index >= 15 is 0 Å². The number of benzene rings is 2. The van der Waals surface area contributed by atoms with Crippen molar-refractivity contribution >= 4 is 34.8 Å². The van der Waals surface area contributed by atoms with Crippen LogP contribution >= 0.6 is 0 Å². The maximum Gasteiger partial charge on any atom is 0.337 e. The lowest BCUT2D eigenvalue weighted by Gasteiger charge is -2.22. The molecule has 7 heteroatoms. The molecular formula is C23H25N3O4. The fraction of sp³-hybridized carbons (Fsp3) is 0.348. The number of rotatable bonds is 5. The van der Waals surface area contributed by atoms with E-state index in [1.165, 1.54) is 7.11 Å². The van der Waals surface area contributed by atoms with E-state index in [0.29, 0.717) is 29.8 Å². The molecule has 2 amide bonds. The van der Waals surface area contributed by atoms with Gasteiger partial charge in [0.25, 0.3) is 5.91 Å². The van der Waals surface area contributed by atoms with Gasteiger partial charge in [0, 0.05) is 37.3 Å². The predicted molar refractivity (Wildman–Crippen MR) is 115 cm³/mol. The average Bonchev–Trinajstić information content (AvgIpc) is 3.45. The lowest BCUT2D eigenvalue weighted by atomic mass is 10.1. The van der Waals surface area contributed by atoms with Gasteiger partial charge in [-0.2, -0.15) is 0 Å². The molecule has 2 aromatic carbocycles. The third-order valence-electron chi connectivity index (χ3n) is 5.61. The Labute approximate surface area is 175 Å². The number of anilines is 3. The molecule has 0 aliphatic carbocycles. The number of nitrogens with one attached hydrogen (secondary N) is 1. The molecule has 0 aromatic heterocycles. The number of methoxy groups -OCH3 is 1. The zero-order valence-electron chi connectivity index (χ0n) is 17.0. The molecule has 1 N–H and O–H groups in total. The molecule has 2 aliphatic rings. The molecule has 156 valence electrons. The van der Waals surface area contributed by atoms with Crippen LogP contribution in [-0.4, -0.2) is 44.5 Å². The highest BCUT2D eigenvalue weighted by molar-refractivity contribution is 6.08. The summed E-state index contributed by atoms with van der Waals surface area (Å²) in [7, 11) is 1.33. The van der Waals surface area contributed by atoms with Crippen LogP contribution in [0, 0.1) is 0 Å². The average molecular weight is 407 g/mol. The Bertz CT molecular complexity index is 982. The molecule has 0 unspecified atom stereocenters. The molecule has 2 aliphatic heterocycles. The van der Waals surface area contributed by atoms with Crippen molar-refractivity contribution in [3.05, 3.63) is 53.6 Å². The Morgan fingerprint density at radius 3 is 2.47 bits per heavy atom. The minimum atomic E-state index is -0.451. The van der Waals surface area contributed by atoms with Crippen LogP contribution in [0.2, 0.25) is 0 Å². The molecule has 2 aromatic rings. The van der Waals surface area contributed by atoms with E-state index in [-0.39, 0.29) is 11.8 Å². The van der Waals surface area contributed by atoms with Crippen molar-refractivity contribution in [2.24, 2.45) is 0 Å². The second kappa shape index (κ2) is 8.57. The number of ether oxygens (including phenoxy) is 1. The zero-order valence-corrected chi connectivity index (χ0v) is 17.0. The SMILES string of the molecule is COC(=O)c1ccc(N2CCCC2)c(NC(=O)c2cccc(N3CCCC3=O)c2)c1. The molecule has 2 heterocycles. The number of carbonyl (C=O) groups excluding carboxylic acids is 3. The molecule has 2 fully saturated rings. The van der Waals surface area contributed by atoms with E-state index < -0.39 is 5.97 Å². The molecule has 7 nitrogen and oxygen atoms in total. The van der Waals surface area contributed by atoms with Gasteiger partial charge in [-0.3, -0.25) is 9.59 Å². The topological polar surface area (TPSA) is 79.0 Å². The Morgan fingerprint density at radius 1 is 0.967 bits per heavy atom. The second-order valence-electron chi connectivity index (χ2n) is 7.57. The molecule has 4 rings (SSSR count). The third-order valence-corrected chi connectivity index (χ3v) is 5.61. The highest BCUT2D eigenvalue weighted by Crippen LogP contribution is 2.31. The summed E-state index contributed by atoms with van der Waals surface area (Å²) in [5.41, 5.74) is 3.04. The minimum absolute atomic E-state index is 0.0784. The van der Waals surface area contributed by atoms with Gasteiger partial charge in [-0.15, -0.1) is 0 Å². The Balaban J connectivity index is 1.61. The van der Waals surface area contributed by atoms with Gasteiger partial charge >= 0.3 is 5.97 Å². The molecule has 0 spiro atoms. The van der Waals surface area contributed by atoms with Crippen LogP contribution < -0.4 is 15.1 Å². The van der Waals surface area contributed by atoms with Crippen molar-refractivity contribution in [3.63, 3.8) is 0 Å². The molecule has 0 radical (unpaired) electrons. The number of amides is 2. The summed E-state index contributed by atoms with van der Waals surface area (Å²) in [4.78, 5) is 41.0. The smallest absolute Gasteiger partial charge is 0.337 e. The predicted octanol–water partition coefficient (Wildman–Crippen LogP) is 3.45. The summed E-state index contributed by atoms with van der Waals surface area (Å²) in [6.07, 6.45) is 3.56. The Kier molecular flexibility index (Phi) is 5.70. The van der Waals surface area contributed by atoms with E-state index in [9.17, 15) is 14.4 Å². The van der Waals surface area contributed by atoms with Gasteiger partial charge in [0.1, 0.15) is 0 Å². The first-order valence-electron chi connectivity index (χ1n) is 10.3. The standard InChI is InChI=1S/C23H25N3O4/c1-30-23(29)17-9-10-20(25-11-2-3-12-25)19(15-17)24-22(28)16-6-4-7-18(14-16)26-13-5-8-21(26)27/h4,6-7,9-10,14-15H,2-3,5,8,11-13H2,1H3,(H,24,28). The summed E-state index contributed by atoms with van der Waals surface area (Å²) in [5, 5.41) is 2.96. The van der Waals surface area contributed by atoms with E-state index in [2.05, 4.69) is 10.2 Å². The van der Waals surface area contributed by atoms with Crippen molar-refractivity contribution in [2.45, 2.75) is 25.7 Å². The lowest BCUT2D eigenvalue weighted by molar-refractivity contribution is -0.117. The van der Waals surface area contributed by atoms with E-state index in [1.54, 1.807) is 35.2 Å². The van der Waals surface area contributed by atoms with Crippen molar-refractivity contribution in [2.75, 3.05) is 41.9 Å². The van der Waals surface area contributed by atoms with Crippen LogP contribution in [0.3, 0.4) is 0 Å². The number of nitrogens with zero attached hydrogens (tertiary/aromatic N) is 2. The van der Waals surface area contributed by atoms with Gasteiger partial charge in [0.15, 0.2) is 0 Å². The number of hydrogen-bond acceptors (Lipinski definition) is 5. The second-order valence-corrected chi connectivity index (χ2v) is 7.57. The van der Waals surface area contributed by atoms with Crippen molar-refractivity contribution < 1.29 is 19.1 Å². The molecule has 0 saturated carbocycles. The minimum Gasteiger partial charge on any atom is -0.465 e. The van der Waals surface area contributed by atoms with Crippen LogP contribution in [0.4, 0.5) is 17.1 Å². The zero-order chi connectivity index (χ0) is 21.1. The van der Waals surface area contributed by atoms with Gasteiger partial charge in [0.2, 0.25) is 5.91 Å². The fourth-order valence-electron chi connectivity index (χ4n) is 4.05. The van der Waals surface area contributed by atoms with Crippen molar-refractivity contribution in [3.8, 4) is 0 Å². The van der Waals surface area contributed by atoms with Gasteiger partial charge in [-0.1, -0.05) is 6.07 Å². The summed E-state index contributed by atoms with van der Waals surface area (Å²) >= 11 is 0. The van der Waals surface area contributed by atoms with Crippen LogP contribution in [0.1, 0.15) is 46.4 Å². The summed E-state index contributed by atoms with van der Waals surface area (Å²) in [6.45, 7) is 2.49. The van der Waals surface area contributed by atoms with Crippen molar-refractivity contribution in [1.29, 1.82) is 0 Å².